The molecule has 17 heavy (non-hydrogen) atoms. The van der Waals surface area contributed by atoms with Crippen molar-refractivity contribution in [1.29, 1.82) is 0 Å². The van der Waals surface area contributed by atoms with E-state index in [1.807, 2.05) is 11.8 Å². The minimum absolute atomic E-state index is 0.143. The average molecular weight is 242 g/mol. The summed E-state index contributed by atoms with van der Waals surface area (Å²) in [5, 5.41) is 2.94. The highest BCUT2D eigenvalue weighted by atomic mass is 16.5. The number of hydrogen-bond donors (Lipinski definition) is 2. The highest BCUT2D eigenvalue weighted by Gasteiger charge is 2.15. The largest absolute Gasteiger partial charge is 0.378 e. The number of aliphatic imine (C=N–C) groups is 1. The summed E-state index contributed by atoms with van der Waals surface area (Å²) in [5.74, 6) is 0.561. The van der Waals surface area contributed by atoms with Gasteiger partial charge < -0.3 is 20.7 Å². The van der Waals surface area contributed by atoms with E-state index in [-0.39, 0.29) is 5.91 Å². The summed E-state index contributed by atoms with van der Waals surface area (Å²) in [6.45, 7) is 5.96. The summed E-state index contributed by atoms with van der Waals surface area (Å²) in [5.41, 5.74) is 5.62. The van der Waals surface area contributed by atoms with Crippen LogP contribution in [0, 0.1) is 0 Å². The molecule has 0 bridgehead atoms. The van der Waals surface area contributed by atoms with Gasteiger partial charge >= 0.3 is 0 Å². The number of nitrogens with zero attached hydrogens (tertiary/aromatic N) is 2. The number of guanidine groups is 1. The molecule has 3 N–H and O–H groups in total. The molecule has 6 nitrogen and oxygen atoms in total. The van der Waals surface area contributed by atoms with Gasteiger partial charge in [-0.1, -0.05) is 6.92 Å². The summed E-state index contributed by atoms with van der Waals surface area (Å²) >= 11 is 0. The molecule has 1 amide bonds. The molecule has 0 aromatic rings. The smallest absolute Gasteiger partial charge is 0.224 e. The van der Waals surface area contributed by atoms with Gasteiger partial charge in [-0.15, -0.1) is 0 Å². The molecule has 1 fully saturated rings. The van der Waals surface area contributed by atoms with Crippen LogP contribution in [0.1, 0.15) is 19.8 Å². The van der Waals surface area contributed by atoms with Crippen LogP contribution in [-0.4, -0.2) is 56.2 Å². The van der Waals surface area contributed by atoms with Gasteiger partial charge in [-0.3, -0.25) is 9.79 Å². The van der Waals surface area contributed by atoms with E-state index < -0.39 is 0 Å². The molecular weight excluding hydrogens is 220 g/mol. The first kappa shape index (κ1) is 13.8. The predicted molar refractivity (Wildman–Crippen MR) is 66.8 cm³/mol. The van der Waals surface area contributed by atoms with Gasteiger partial charge in [0.15, 0.2) is 5.96 Å². The van der Waals surface area contributed by atoms with Gasteiger partial charge in [-0.05, 0) is 6.42 Å². The number of hydrogen-bond acceptors (Lipinski definition) is 3. The monoisotopic (exact) mass is 242 g/mol. The van der Waals surface area contributed by atoms with Gasteiger partial charge in [0.25, 0.3) is 0 Å². The molecular formula is C11H22N4O2. The third kappa shape index (κ3) is 5.53. The van der Waals surface area contributed by atoms with Crippen molar-refractivity contribution in [2.75, 3.05) is 39.4 Å². The van der Waals surface area contributed by atoms with E-state index >= 15 is 0 Å². The van der Waals surface area contributed by atoms with E-state index in [2.05, 4.69) is 10.3 Å². The molecule has 0 saturated carbocycles. The maximum Gasteiger partial charge on any atom is 0.224 e. The number of nitrogens with two attached hydrogens (primary N) is 1. The first-order chi connectivity index (χ1) is 8.24. The number of amides is 1. The fourth-order valence-corrected chi connectivity index (χ4v) is 1.56. The molecule has 0 radical (unpaired) electrons. The number of nitrogens with one attached hydrogen (secondary N) is 1. The quantitative estimate of drug-likeness (QED) is 0.505. The van der Waals surface area contributed by atoms with Crippen molar-refractivity contribution < 1.29 is 9.53 Å². The molecule has 6 heteroatoms. The Morgan fingerprint density at radius 1 is 1.47 bits per heavy atom. The van der Waals surface area contributed by atoms with Crippen molar-refractivity contribution in [1.82, 2.24) is 10.2 Å². The first-order valence-corrected chi connectivity index (χ1v) is 6.13. The lowest BCUT2D eigenvalue weighted by atomic mass is 10.3. The summed E-state index contributed by atoms with van der Waals surface area (Å²) in [4.78, 5) is 17.7. The average Bonchev–Trinajstić information content (AvgIpc) is 2.37. The highest BCUT2D eigenvalue weighted by molar-refractivity contribution is 5.80. The maximum atomic E-state index is 11.7. The Kier molecular flexibility index (Phi) is 6.39. The number of carbonyl (C=O) groups excluding carboxylic acids is 1. The Labute approximate surface area is 102 Å². The summed E-state index contributed by atoms with van der Waals surface area (Å²) in [6.07, 6.45) is 1.41. The lowest BCUT2D eigenvalue weighted by Gasteiger charge is -2.26. The Hall–Kier alpha value is -1.30. The molecule has 0 aromatic heterocycles. The topological polar surface area (TPSA) is 79.9 Å². The Morgan fingerprint density at radius 2 is 2.18 bits per heavy atom. The van der Waals surface area contributed by atoms with E-state index in [1.165, 1.54) is 0 Å². The standard InChI is InChI=1S/C11H22N4O2/c1-2-4-13-11(12)14-5-3-10(16)15-6-8-17-9-7-15/h2-9H2,1H3,(H3,12,13,14). The van der Waals surface area contributed by atoms with Gasteiger partial charge in [-0.25, -0.2) is 0 Å². The molecule has 1 heterocycles. The molecule has 98 valence electrons. The fraction of sp³-hybridized carbons (Fsp3) is 0.818. The number of rotatable bonds is 5. The molecule has 0 aromatic carbocycles. The number of morpholine rings is 1. The fourth-order valence-electron chi connectivity index (χ4n) is 1.56. The van der Waals surface area contributed by atoms with Crippen LogP contribution in [0.4, 0.5) is 0 Å². The van der Waals surface area contributed by atoms with E-state index in [4.69, 9.17) is 10.5 Å². The second-order valence-electron chi connectivity index (χ2n) is 3.94. The van der Waals surface area contributed by atoms with Gasteiger partial charge in [-0.2, -0.15) is 0 Å². The SMILES string of the molecule is CCCN=C(N)NCCC(=O)N1CCOCC1. The highest BCUT2D eigenvalue weighted by Crippen LogP contribution is 1.99. The van der Waals surface area contributed by atoms with Gasteiger partial charge in [0.2, 0.25) is 5.91 Å². The van der Waals surface area contributed by atoms with E-state index in [0.29, 0.717) is 45.2 Å². The van der Waals surface area contributed by atoms with Crippen LogP contribution in [0.25, 0.3) is 0 Å². The van der Waals surface area contributed by atoms with Gasteiger partial charge in [0.1, 0.15) is 0 Å². The number of carbonyl (C=O) groups is 1. The Balaban J connectivity index is 2.14. The van der Waals surface area contributed by atoms with Crippen molar-refractivity contribution in [3.05, 3.63) is 0 Å². The molecule has 1 aliphatic heterocycles. The van der Waals surface area contributed by atoms with Crippen molar-refractivity contribution in [2.45, 2.75) is 19.8 Å². The minimum atomic E-state index is 0.143. The number of ether oxygens (including phenoxy) is 1. The van der Waals surface area contributed by atoms with Crippen molar-refractivity contribution >= 4 is 11.9 Å². The molecule has 1 saturated heterocycles. The second kappa shape index (κ2) is 7.89. The third-order valence-electron chi connectivity index (χ3n) is 2.51. The Bertz CT molecular complexity index is 262. The van der Waals surface area contributed by atoms with Gasteiger partial charge in [0.05, 0.1) is 13.2 Å². The summed E-state index contributed by atoms with van der Waals surface area (Å²) in [7, 11) is 0. The van der Waals surface area contributed by atoms with Crippen molar-refractivity contribution in [3.63, 3.8) is 0 Å². The van der Waals surface area contributed by atoms with Crippen LogP contribution in [0.5, 0.6) is 0 Å². The van der Waals surface area contributed by atoms with Crippen LogP contribution in [0.3, 0.4) is 0 Å². The van der Waals surface area contributed by atoms with Crippen LogP contribution in [0.15, 0.2) is 4.99 Å². The zero-order valence-corrected chi connectivity index (χ0v) is 10.4. The van der Waals surface area contributed by atoms with Gasteiger partial charge in [0, 0.05) is 32.6 Å². The molecule has 0 aliphatic carbocycles. The predicted octanol–water partition coefficient (Wildman–Crippen LogP) is -0.450. The molecule has 0 unspecified atom stereocenters. The molecule has 0 spiro atoms. The van der Waals surface area contributed by atoms with E-state index in [0.717, 1.165) is 13.0 Å². The summed E-state index contributed by atoms with van der Waals surface area (Å²) < 4.78 is 5.19. The van der Waals surface area contributed by atoms with Crippen LogP contribution in [0.2, 0.25) is 0 Å². The van der Waals surface area contributed by atoms with Crippen molar-refractivity contribution in [3.8, 4) is 0 Å². The van der Waals surface area contributed by atoms with E-state index in [9.17, 15) is 4.79 Å². The zero-order chi connectivity index (χ0) is 12.5. The van der Waals surface area contributed by atoms with Crippen LogP contribution < -0.4 is 11.1 Å². The lowest BCUT2D eigenvalue weighted by Crippen LogP contribution is -2.42. The van der Waals surface area contributed by atoms with Crippen molar-refractivity contribution in [2.24, 2.45) is 10.7 Å². The summed E-state index contributed by atoms with van der Waals surface area (Å²) in [6, 6.07) is 0. The first-order valence-electron chi connectivity index (χ1n) is 6.13. The minimum Gasteiger partial charge on any atom is -0.378 e. The maximum absolute atomic E-state index is 11.7. The third-order valence-corrected chi connectivity index (χ3v) is 2.51. The normalized spacial score (nSPS) is 17.0. The molecule has 1 aliphatic rings. The van der Waals surface area contributed by atoms with Crippen LogP contribution in [-0.2, 0) is 9.53 Å². The van der Waals surface area contributed by atoms with E-state index in [1.54, 1.807) is 0 Å². The lowest BCUT2D eigenvalue weighted by molar-refractivity contribution is -0.135. The molecule has 1 rings (SSSR count). The van der Waals surface area contributed by atoms with Crippen LogP contribution >= 0.6 is 0 Å². The molecule has 0 atom stereocenters. The second-order valence-corrected chi connectivity index (χ2v) is 3.94. The Morgan fingerprint density at radius 3 is 2.82 bits per heavy atom. The zero-order valence-electron chi connectivity index (χ0n) is 10.4.